The fourth-order valence-electron chi connectivity index (χ4n) is 1.58. The van der Waals surface area contributed by atoms with Crippen LogP contribution in [0.25, 0.3) is 0 Å². The average Bonchev–Trinajstić information content (AvgIpc) is 2.38. The molecule has 4 amide bonds. The van der Waals surface area contributed by atoms with Gasteiger partial charge in [0.25, 0.3) is 18.0 Å². The van der Waals surface area contributed by atoms with E-state index in [9.17, 15) is 23.2 Å². The standard InChI is InChI=1S/C11H8F2N2O4/c1-19-7-4-5(2-3-6(7)12)15-10(17)8(13)9(16)14-11(15)18/h2-4,8H,1H3,(H,14,16,18). The highest BCUT2D eigenvalue weighted by atomic mass is 19.1. The largest absolute Gasteiger partial charge is 0.494 e. The zero-order valence-corrected chi connectivity index (χ0v) is 9.65. The third kappa shape index (κ3) is 2.12. The van der Waals surface area contributed by atoms with Gasteiger partial charge in [-0.05, 0) is 12.1 Å². The molecule has 1 aliphatic rings. The Kier molecular flexibility index (Phi) is 3.16. The molecule has 1 aliphatic heterocycles. The van der Waals surface area contributed by atoms with Gasteiger partial charge in [-0.15, -0.1) is 0 Å². The monoisotopic (exact) mass is 270 g/mol. The molecule has 2 rings (SSSR count). The Bertz CT molecular complexity index is 576. The molecule has 1 unspecified atom stereocenters. The number of halogens is 2. The van der Waals surface area contributed by atoms with Crippen molar-refractivity contribution in [1.29, 1.82) is 0 Å². The summed E-state index contributed by atoms with van der Waals surface area (Å²) in [6.45, 7) is 0. The Hall–Kier alpha value is -2.51. The minimum atomic E-state index is -2.48. The van der Waals surface area contributed by atoms with Crippen molar-refractivity contribution in [2.75, 3.05) is 12.0 Å². The molecule has 6 nitrogen and oxygen atoms in total. The summed E-state index contributed by atoms with van der Waals surface area (Å²) in [6, 6.07) is 2.00. The molecule has 0 radical (unpaired) electrons. The number of ether oxygens (including phenoxy) is 1. The normalized spacial score (nSPS) is 19.4. The summed E-state index contributed by atoms with van der Waals surface area (Å²) in [5, 5.41) is 1.68. The van der Waals surface area contributed by atoms with Crippen LogP contribution in [0.2, 0.25) is 0 Å². The summed E-state index contributed by atoms with van der Waals surface area (Å²) in [5.41, 5.74) is -0.101. The van der Waals surface area contributed by atoms with E-state index in [1.165, 1.54) is 7.11 Å². The molecule has 100 valence electrons. The maximum atomic E-state index is 13.3. The van der Waals surface area contributed by atoms with Gasteiger partial charge in [0.05, 0.1) is 12.8 Å². The van der Waals surface area contributed by atoms with Crippen molar-refractivity contribution in [3.63, 3.8) is 0 Å². The minimum absolute atomic E-state index is 0.101. The lowest BCUT2D eigenvalue weighted by molar-refractivity contribution is -0.135. The SMILES string of the molecule is COc1cc(N2C(=O)NC(=O)C(F)C2=O)ccc1F. The van der Waals surface area contributed by atoms with Crippen molar-refractivity contribution in [2.45, 2.75) is 6.17 Å². The third-order valence-corrected chi connectivity index (χ3v) is 2.49. The summed E-state index contributed by atoms with van der Waals surface area (Å²) in [6.07, 6.45) is -2.48. The molecular weight excluding hydrogens is 262 g/mol. The fraction of sp³-hybridized carbons (Fsp3) is 0.182. The number of carbonyl (C=O) groups excluding carboxylic acids is 3. The van der Waals surface area contributed by atoms with E-state index in [0.717, 1.165) is 18.2 Å². The molecule has 8 heteroatoms. The summed E-state index contributed by atoms with van der Waals surface area (Å²) in [4.78, 5) is 34.4. The number of rotatable bonds is 2. The van der Waals surface area contributed by atoms with Crippen LogP contribution in [0.3, 0.4) is 0 Å². The predicted octanol–water partition coefficient (Wildman–Crippen LogP) is 0.755. The van der Waals surface area contributed by atoms with E-state index in [1.54, 1.807) is 5.32 Å². The van der Waals surface area contributed by atoms with Crippen LogP contribution in [0.1, 0.15) is 0 Å². The lowest BCUT2D eigenvalue weighted by Gasteiger charge is -2.26. The second-order valence-corrected chi connectivity index (χ2v) is 3.65. The van der Waals surface area contributed by atoms with E-state index in [2.05, 4.69) is 4.74 Å². The van der Waals surface area contributed by atoms with Crippen LogP contribution >= 0.6 is 0 Å². The van der Waals surface area contributed by atoms with Crippen molar-refractivity contribution in [1.82, 2.24) is 5.32 Å². The van der Waals surface area contributed by atoms with Gasteiger partial charge in [0.15, 0.2) is 11.6 Å². The molecule has 1 aromatic carbocycles. The number of amides is 4. The van der Waals surface area contributed by atoms with E-state index in [0.29, 0.717) is 4.90 Å². The summed E-state index contributed by atoms with van der Waals surface area (Å²) >= 11 is 0. The highest BCUT2D eigenvalue weighted by Gasteiger charge is 2.41. The Labute approximate surface area is 105 Å². The average molecular weight is 270 g/mol. The lowest BCUT2D eigenvalue weighted by atomic mass is 10.2. The second-order valence-electron chi connectivity index (χ2n) is 3.65. The molecule has 0 aliphatic carbocycles. The van der Waals surface area contributed by atoms with Crippen molar-refractivity contribution in [3.8, 4) is 5.75 Å². The van der Waals surface area contributed by atoms with Crippen LogP contribution in [0, 0.1) is 5.82 Å². The number of hydrogen-bond acceptors (Lipinski definition) is 4. The van der Waals surface area contributed by atoms with E-state index in [-0.39, 0.29) is 11.4 Å². The molecule has 1 N–H and O–H groups in total. The number of urea groups is 1. The lowest BCUT2D eigenvalue weighted by Crippen LogP contribution is -2.59. The van der Waals surface area contributed by atoms with Crippen LogP contribution in [0.4, 0.5) is 19.3 Å². The van der Waals surface area contributed by atoms with Crippen LogP contribution in [-0.2, 0) is 9.59 Å². The van der Waals surface area contributed by atoms with Gasteiger partial charge in [0, 0.05) is 6.07 Å². The first kappa shape index (κ1) is 12.9. The number of hydrogen-bond donors (Lipinski definition) is 1. The number of nitrogens with one attached hydrogen (secondary N) is 1. The van der Waals surface area contributed by atoms with E-state index in [1.807, 2.05) is 0 Å². The fourth-order valence-corrected chi connectivity index (χ4v) is 1.58. The van der Waals surface area contributed by atoms with Gasteiger partial charge in [-0.3, -0.25) is 14.9 Å². The van der Waals surface area contributed by atoms with Crippen LogP contribution in [0.5, 0.6) is 5.75 Å². The molecule has 1 fully saturated rings. The summed E-state index contributed by atoms with van der Waals surface area (Å²) in [5.74, 6) is -3.57. The highest BCUT2D eigenvalue weighted by Crippen LogP contribution is 2.26. The number of alkyl halides is 1. The summed E-state index contributed by atoms with van der Waals surface area (Å²) in [7, 11) is 1.20. The Morgan fingerprint density at radius 1 is 1.32 bits per heavy atom. The van der Waals surface area contributed by atoms with Crippen molar-refractivity contribution in [3.05, 3.63) is 24.0 Å². The van der Waals surface area contributed by atoms with Gasteiger partial charge in [-0.25, -0.2) is 18.5 Å². The smallest absolute Gasteiger partial charge is 0.335 e. The van der Waals surface area contributed by atoms with Gasteiger partial charge < -0.3 is 4.74 Å². The molecular formula is C11H8F2N2O4. The number of anilines is 1. The molecule has 1 heterocycles. The van der Waals surface area contributed by atoms with Crippen molar-refractivity contribution >= 4 is 23.5 Å². The first-order valence-corrected chi connectivity index (χ1v) is 5.12. The van der Waals surface area contributed by atoms with Crippen molar-refractivity contribution in [2.24, 2.45) is 0 Å². The minimum Gasteiger partial charge on any atom is -0.494 e. The summed E-state index contributed by atoms with van der Waals surface area (Å²) < 4.78 is 31.2. The first-order valence-electron chi connectivity index (χ1n) is 5.12. The number of benzene rings is 1. The van der Waals surface area contributed by atoms with Gasteiger partial charge >= 0.3 is 6.03 Å². The van der Waals surface area contributed by atoms with E-state index < -0.39 is 29.8 Å². The Morgan fingerprint density at radius 2 is 2.00 bits per heavy atom. The quantitative estimate of drug-likeness (QED) is 0.805. The maximum Gasteiger partial charge on any atom is 0.335 e. The number of imide groups is 2. The molecule has 19 heavy (non-hydrogen) atoms. The molecule has 1 atom stereocenters. The number of carbonyl (C=O) groups is 3. The van der Waals surface area contributed by atoms with Gasteiger partial charge in [-0.1, -0.05) is 0 Å². The maximum absolute atomic E-state index is 13.3. The van der Waals surface area contributed by atoms with Crippen LogP contribution < -0.4 is 15.0 Å². The molecule has 1 aromatic rings. The zero-order valence-electron chi connectivity index (χ0n) is 9.65. The molecule has 0 bridgehead atoms. The first-order chi connectivity index (χ1) is 8.95. The topological polar surface area (TPSA) is 75.7 Å². The van der Waals surface area contributed by atoms with Crippen LogP contribution in [0.15, 0.2) is 18.2 Å². The van der Waals surface area contributed by atoms with E-state index >= 15 is 0 Å². The van der Waals surface area contributed by atoms with Gasteiger partial charge in [-0.2, -0.15) is 0 Å². The molecule has 0 spiro atoms. The number of nitrogens with zero attached hydrogens (tertiary/aromatic N) is 1. The Balaban J connectivity index is 2.43. The molecule has 0 saturated carbocycles. The zero-order chi connectivity index (χ0) is 14.2. The number of barbiturate groups is 1. The highest BCUT2D eigenvalue weighted by molar-refractivity contribution is 6.29. The van der Waals surface area contributed by atoms with Crippen molar-refractivity contribution < 1.29 is 27.9 Å². The third-order valence-electron chi connectivity index (χ3n) is 2.49. The Morgan fingerprint density at radius 3 is 2.63 bits per heavy atom. The van der Waals surface area contributed by atoms with Gasteiger partial charge in [0.1, 0.15) is 0 Å². The molecule has 1 saturated heterocycles. The van der Waals surface area contributed by atoms with E-state index in [4.69, 9.17) is 0 Å². The van der Waals surface area contributed by atoms with Gasteiger partial charge in [0.2, 0.25) is 0 Å². The second kappa shape index (κ2) is 4.63. The van der Waals surface area contributed by atoms with Crippen LogP contribution in [-0.4, -0.2) is 31.1 Å². The number of methoxy groups -OCH3 is 1. The molecule has 0 aromatic heterocycles. The predicted molar refractivity (Wildman–Crippen MR) is 58.9 cm³/mol.